The average Bonchev–Trinajstić information content (AvgIpc) is 2.97. The number of para-hydroxylation sites is 1. The van der Waals surface area contributed by atoms with Crippen molar-refractivity contribution in [2.24, 2.45) is 0 Å². The highest BCUT2D eigenvalue weighted by Gasteiger charge is 2.19. The molecular weight excluding hydrogens is 326 g/mol. The third-order valence-corrected chi connectivity index (χ3v) is 4.65. The molecular formula is C20H21N5O. The van der Waals surface area contributed by atoms with Crippen molar-refractivity contribution in [1.29, 1.82) is 0 Å². The van der Waals surface area contributed by atoms with E-state index in [9.17, 15) is 4.79 Å². The van der Waals surface area contributed by atoms with Crippen LogP contribution in [-0.2, 0) is 0 Å². The van der Waals surface area contributed by atoms with E-state index in [1.807, 2.05) is 35.2 Å². The van der Waals surface area contributed by atoms with Gasteiger partial charge in [-0.15, -0.1) is 0 Å². The van der Waals surface area contributed by atoms with E-state index in [0.29, 0.717) is 11.6 Å². The Kier molecular flexibility index (Phi) is 4.73. The summed E-state index contributed by atoms with van der Waals surface area (Å²) in [4.78, 5) is 27.8. The maximum atomic E-state index is 12.8. The number of aromatic nitrogens is 3. The summed E-state index contributed by atoms with van der Waals surface area (Å²) >= 11 is 0. The van der Waals surface area contributed by atoms with Crippen LogP contribution in [0.3, 0.4) is 0 Å². The number of amides is 1. The van der Waals surface area contributed by atoms with Crippen LogP contribution in [-0.4, -0.2) is 38.8 Å². The standard InChI is InChI=1S/C20H21N5O/c26-19(25-13-3-1-2-4-14-25)17-10-12-22-20(24-17)23-16-9-5-7-15-8-6-11-21-18(15)16/h5-12H,1-4,13-14H2,(H,22,23,24). The van der Waals surface area contributed by atoms with Crippen LogP contribution in [0.15, 0.2) is 48.8 Å². The fourth-order valence-electron chi connectivity index (χ4n) is 3.30. The molecule has 1 aliphatic rings. The van der Waals surface area contributed by atoms with Crippen molar-refractivity contribution in [2.75, 3.05) is 18.4 Å². The van der Waals surface area contributed by atoms with Crippen LogP contribution in [0, 0.1) is 0 Å². The number of carbonyl (C=O) groups is 1. The van der Waals surface area contributed by atoms with Gasteiger partial charge < -0.3 is 10.2 Å². The van der Waals surface area contributed by atoms with Gasteiger partial charge in [-0.25, -0.2) is 9.97 Å². The molecule has 132 valence electrons. The predicted molar refractivity (Wildman–Crippen MR) is 101 cm³/mol. The lowest BCUT2D eigenvalue weighted by molar-refractivity contribution is 0.0755. The number of fused-ring (bicyclic) bond motifs is 1. The molecule has 3 heterocycles. The van der Waals surface area contributed by atoms with Gasteiger partial charge in [-0.3, -0.25) is 9.78 Å². The second kappa shape index (κ2) is 7.47. The Hall–Kier alpha value is -3.02. The van der Waals surface area contributed by atoms with Gasteiger partial charge in [0.15, 0.2) is 0 Å². The summed E-state index contributed by atoms with van der Waals surface area (Å²) in [5, 5.41) is 4.24. The van der Waals surface area contributed by atoms with Gasteiger partial charge in [-0.2, -0.15) is 0 Å². The first kappa shape index (κ1) is 16.4. The second-order valence-corrected chi connectivity index (χ2v) is 6.48. The Morgan fingerprint density at radius 2 is 1.73 bits per heavy atom. The van der Waals surface area contributed by atoms with E-state index >= 15 is 0 Å². The van der Waals surface area contributed by atoms with Crippen LogP contribution in [0.4, 0.5) is 11.6 Å². The zero-order valence-corrected chi connectivity index (χ0v) is 14.6. The van der Waals surface area contributed by atoms with E-state index < -0.39 is 0 Å². The first-order valence-corrected chi connectivity index (χ1v) is 9.04. The molecule has 0 unspecified atom stereocenters. The summed E-state index contributed by atoms with van der Waals surface area (Å²) in [6.45, 7) is 1.61. The van der Waals surface area contributed by atoms with Gasteiger partial charge in [-0.1, -0.05) is 31.0 Å². The summed E-state index contributed by atoms with van der Waals surface area (Å²) in [7, 11) is 0. The molecule has 0 saturated carbocycles. The summed E-state index contributed by atoms with van der Waals surface area (Å²) in [6.07, 6.45) is 7.88. The van der Waals surface area contributed by atoms with E-state index in [1.54, 1.807) is 18.5 Å². The van der Waals surface area contributed by atoms with Crippen molar-refractivity contribution >= 4 is 28.4 Å². The Morgan fingerprint density at radius 1 is 0.923 bits per heavy atom. The number of pyridine rings is 1. The molecule has 0 atom stereocenters. The highest BCUT2D eigenvalue weighted by molar-refractivity contribution is 5.93. The zero-order chi connectivity index (χ0) is 17.8. The predicted octanol–water partition coefficient (Wildman–Crippen LogP) is 3.78. The largest absolute Gasteiger partial charge is 0.337 e. The molecule has 4 rings (SSSR count). The summed E-state index contributed by atoms with van der Waals surface area (Å²) in [5.74, 6) is 0.386. The molecule has 1 aromatic carbocycles. The molecule has 1 aliphatic heterocycles. The number of nitrogens with zero attached hydrogens (tertiary/aromatic N) is 4. The molecule has 1 amide bonds. The van der Waals surface area contributed by atoms with Crippen molar-refractivity contribution in [3.8, 4) is 0 Å². The van der Waals surface area contributed by atoms with E-state index in [2.05, 4.69) is 20.3 Å². The van der Waals surface area contributed by atoms with Crippen LogP contribution in [0.2, 0.25) is 0 Å². The molecule has 0 spiro atoms. The third kappa shape index (κ3) is 3.49. The maximum absolute atomic E-state index is 12.8. The maximum Gasteiger partial charge on any atom is 0.272 e. The van der Waals surface area contributed by atoms with Gasteiger partial charge in [-0.05, 0) is 31.0 Å². The topological polar surface area (TPSA) is 71.0 Å². The van der Waals surface area contributed by atoms with Crippen molar-refractivity contribution in [2.45, 2.75) is 25.7 Å². The molecule has 26 heavy (non-hydrogen) atoms. The molecule has 2 aromatic heterocycles. The second-order valence-electron chi connectivity index (χ2n) is 6.48. The number of hydrogen-bond acceptors (Lipinski definition) is 5. The SMILES string of the molecule is O=C(c1ccnc(Nc2cccc3cccnc23)n1)N1CCCCCC1. The minimum absolute atomic E-state index is 0.0200. The van der Waals surface area contributed by atoms with Gasteiger partial charge in [0.1, 0.15) is 5.69 Å². The van der Waals surface area contributed by atoms with Crippen molar-refractivity contribution < 1.29 is 4.79 Å². The molecule has 1 N–H and O–H groups in total. The van der Waals surface area contributed by atoms with Crippen LogP contribution >= 0.6 is 0 Å². The monoisotopic (exact) mass is 347 g/mol. The number of hydrogen-bond donors (Lipinski definition) is 1. The average molecular weight is 347 g/mol. The smallest absolute Gasteiger partial charge is 0.272 e. The van der Waals surface area contributed by atoms with Gasteiger partial charge in [0, 0.05) is 30.9 Å². The van der Waals surface area contributed by atoms with Gasteiger partial charge in [0.2, 0.25) is 5.95 Å². The fraction of sp³-hybridized carbons (Fsp3) is 0.300. The first-order chi connectivity index (χ1) is 12.8. The van der Waals surface area contributed by atoms with Crippen LogP contribution in [0.25, 0.3) is 10.9 Å². The Labute approximate surface area is 152 Å². The van der Waals surface area contributed by atoms with Crippen LogP contribution in [0.5, 0.6) is 0 Å². The quantitative estimate of drug-likeness (QED) is 0.780. The molecule has 0 radical (unpaired) electrons. The number of carbonyl (C=O) groups excluding carboxylic acids is 1. The van der Waals surface area contributed by atoms with Crippen LogP contribution < -0.4 is 5.32 Å². The molecule has 6 heteroatoms. The van der Waals surface area contributed by atoms with Gasteiger partial charge >= 0.3 is 0 Å². The third-order valence-electron chi connectivity index (χ3n) is 4.65. The Balaban J connectivity index is 1.58. The lowest BCUT2D eigenvalue weighted by Gasteiger charge is -2.19. The van der Waals surface area contributed by atoms with Gasteiger partial charge in [0.05, 0.1) is 11.2 Å². The summed E-state index contributed by atoms with van der Waals surface area (Å²) in [5.41, 5.74) is 2.10. The molecule has 1 fully saturated rings. The highest BCUT2D eigenvalue weighted by atomic mass is 16.2. The Morgan fingerprint density at radius 3 is 2.58 bits per heavy atom. The van der Waals surface area contributed by atoms with Crippen molar-refractivity contribution in [1.82, 2.24) is 19.9 Å². The number of rotatable bonds is 3. The van der Waals surface area contributed by atoms with E-state index in [1.165, 1.54) is 12.8 Å². The van der Waals surface area contributed by atoms with E-state index in [4.69, 9.17) is 0 Å². The number of nitrogens with one attached hydrogen (secondary N) is 1. The van der Waals surface area contributed by atoms with Crippen LogP contribution in [0.1, 0.15) is 36.2 Å². The molecule has 0 bridgehead atoms. The van der Waals surface area contributed by atoms with Gasteiger partial charge in [0.25, 0.3) is 5.91 Å². The summed E-state index contributed by atoms with van der Waals surface area (Å²) in [6, 6.07) is 11.5. The van der Waals surface area contributed by atoms with E-state index in [0.717, 1.165) is 42.5 Å². The lowest BCUT2D eigenvalue weighted by Crippen LogP contribution is -2.32. The number of likely N-dealkylation sites (tertiary alicyclic amines) is 1. The first-order valence-electron chi connectivity index (χ1n) is 9.04. The summed E-state index contributed by atoms with van der Waals surface area (Å²) < 4.78 is 0. The minimum Gasteiger partial charge on any atom is -0.337 e. The Bertz CT molecular complexity index is 913. The van der Waals surface area contributed by atoms with Crippen molar-refractivity contribution in [3.63, 3.8) is 0 Å². The minimum atomic E-state index is -0.0200. The molecule has 0 aliphatic carbocycles. The fourth-order valence-corrected chi connectivity index (χ4v) is 3.30. The molecule has 1 saturated heterocycles. The lowest BCUT2D eigenvalue weighted by atomic mass is 10.2. The number of benzene rings is 1. The van der Waals surface area contributed by atoms with E-state index in [-0.39, 0.29) is 5.91 Å². The molecule has 3 aromatic rings. The molecule has 6 nitrogen and oxygen atoms in total. The van der Waals surface area contributed by atoms with Crippen molar-refractivity contribution in [3.05, 3.63) is 54.5 Å². The number of anilines is 2. The highest BCUT2D eigenvalue weighted by Crippen LogP contribution is 2.23. The normalized spacial score (nSPS) is 14.8. The zero-order valence-electron chi connectivity index (χ0n) is 14.6.